The minimum absolute atomic E-state index is 0.304. The Balaban J connectivity index is 3.89. The van der Waals surface area contributed by atoms with Gasteiger partial charge in [-0.1, -0.05) is 66.2 Å². The molecule has 0 aliphatic carbocycles. The van der Waals surface area contributed by atoms with E-state index in [0.717, 1.165) is 51.4 Å². The van der Waals surface area contributed by atoms with E-state index in [1.807, 2.05) is 0 Å². The summed E-state index contributed by atoms with van der Waals surface area (Å²) in [4.78, 5) is 9.66. The fourth-order valence-corrected chi connectivity index (χ4v) is 3.38. The van der Waals surface area contributed by atoms with Crippen molar-refractivity contribution in [1.82, 2.24) is 0 Å². The lowest BCUT2D eigenvalue weighted by molar-refractivity contribution is 0.133. The molecule has 4 nitrogen and oxygen atoms in total. The van der Waals surface area contributed by atoms with Crippen LogP contribution in [0.3, 0.4) is 0 Å². The lowest BCUT2D eigenvalue weighted by Crippen LogP contribution is -2.07. The molecule has 0 aromatic rings. The van der Waals surface area contributed by atoms with Crippen LogP contribution in [0.2, 0.25) is 0 Å². The van der Waals surface area contributed by atoms with Gasteiger partial charge in [0.2, 0.25) is 0 Å². The van der Waals surface area contributed by atoms with E-state index in [1.165, 1.54) is 0 Å². The van der Waals surface area contributed by atoms with Crippen molar-refractivity contribution < 1.29 is 18.5 Å². The van der Waals surface area contributed by atoms with Crippen molar-refractivity contribution in [3.63, 3.8) is 0 Å². The van der Waals surface area contributed by atoms with Gasteiger partial charge in [-0.05, 0) is 24.7 Å². The van der Waals surface area contributed by atoms with Gasteiger partial charge in [0.15, 0.2) is 0 Å². The Kier molecular flexibility index (Phi) is 12.7. The fourth-order valence-electron chi connectivity index (χ4n) is 2.63. The smallest absolute Gasteiger partial charge is 0.302 e. The van der Waals surface area contributed by atoms with Gasteiger partial charge < -0.3 is 4.89 Å². The Hall–Kier alpha value is 0.110. The minimum atomic E-state index is -3.86. The van der Waals surface area contributed by atoms with Crippen LogP contribution in [-0.2, 0) is 13.6 Å². The Morgan fingerprint density at radius 1 is 0.810 bits per heavy atom. The topological polar surface area (TPSA) is 55.8 Å². The zero-order chi connectivity index (χ0) is 16.1. The normalized spacial score (nSPS) is 17.4. The van der Waals surface area contributed by atoms with Gasteiger partial charge in [-0.25, -0.2) is 4.57 Å². The molecule has 5 heteroatoms. The van der Waals surface area contributed by atoms with E-state index in [-0.39, 0.29) is 0 Å². The van der Waals surface area contributed by atoms with Gasteiger partial charge in [0.25, 0.3) is 0 Å². The lowest BCUT2D eigenvalue weighted by atomic mass is 9.98. The molecule has 0 radical (unpaired) electrons. The van der Waals surface area contributed by atoms with Gasteiger partial charge in [-0.2, -0.15) is 0 Å². The van der Waals surface area contributed by atoms with Gasteiger partial charge in [0, 0.05) is 0 Å². The third kappa shape index (κ3) is 11.3. The van der Waals surface area contributed by atoms with Crippen LogP contribution < -0.4 is 0 Å². The van der Waals surface area contributed by atoms with Crippen LogP contribution in [0.5, 0.6) is 0 Å². The Bertz CT molecular complexity index is 259. The summed E-state index contributed by atoms with van der Waals surface area (Å²) in [5, 5.41) is 0. The second kappa shape index (κ2) is 12.6. The number of hydrogen-bond acceptors (Lipinski definition) is 3. The first-order valence-electron chi connectivity index (χ1n) is 8.60. The summed E-state index contributed by atoms with van der Waals surface area (Å²) >= 11 is 0. The third-order valence-electron chi connectivity index (χ3n) is 4.11. The van der Waals surface area contributed by atoms with E-state index in [2.05, 4.69) is 27.7 Å². The van der Waals surface area contributed by atoms with Crippen molar-refractivity contribution in [2.45, 2.75) is 79.1 Å². The summed E-state index contributed by atoms with van der Waals surface area (Å²) < 4.78 is 21.9. The molecule has 21 heavy (non-hydrogen) atoms. The van der Waals surface area contributed by atoms with E-state index in [9.17, 15) is 9.46 Å². The second-order valence-electron chi connectivity index (χ2n) is 5.84. The number of phosphoric acid groups is 1. The highest BCUT2D eigenvalue weighted by molar-refractivity contribution is 7.47. The average molecular weight is 322 g/mol. The molecule has 1 N–H and O–H groups in total. The van der Waals surface area contributed by atoms with Crippen LogP contribution in [0.1, 0.15) is 79.1 Å². The van der Waals surface area contributed by atoms with Crippen molar-refractivity contribution in [2.75, 3.05) is 13.2 Å². The molecule has 0 spiro atoms. The summed E-state index contributed by atoms with van der Waals surface area (Å²) in [7, 11) is -3.86. The molecule has 0 heterocycles. The molecule has 128 valence electrons. The maximum absolute atomic E-state index is 11.8. The second-order valence-corrected chi connectivity index (χ2v) is 7.29. The third-order valence-corrected chi connectivity index (χ3v) is 5.13. The van der Waals surface area contributed by atoms with Gasteiger partial charge in [-0.3, -0.25) is 9.05 Å². The predicted molar refractivity (Wildman–Crippen MR) is 88.3 cm³/mol. The van der Waals surface area contributed by atoms with E-state index < -0.39 is 7.82 Å². The highest BCUT2D eigenvalue weighted by atomic mass is 31.2. The Morgan fingerprint density at radius 2 is 1.19 bits per heavy atom. The molecule has 0 amide bonds. The van der Waals surface area contributed by atoms with Crippen LogP contribution in [-0.4, -0.2) is 18.1 Å². The SMILES string of the molecule is CCCC(CC)CCOP(=O)(O)OCCC(CC)CCC. The Morgan fingerprint density at radius 3 is 1.48 bits per heavy atom. The van der Waals surface area contributed by atoms with Crippen LogP contribution in [0.25, 0.3) is 0 Å². The lowest BCUT2D eigenvalue weighted by Gasteiger charge is -2.17. The quantitative estimate of drug-likeness (QED) is 0.426. The molecule has 0 bridgehead atoms. The molecule has 0 aliphatic heterocycles. The number of phosphoric ester groups is 1. The van der Waals surface area contributed by atoms with Crippen LogP contribution in [0.4, 0.5) is 0 Å². The van der Waals surface area contributed by atoms with E-state index in [1.54, 1.807) is 0 Å². The van der Waals surface area contributed by atoms with Crippen molar-refractivity contribution >= 4 is 7.82 Å². The van der Waals surface area contributed by atoms with Gasteiger partial charge >= 0.3 is 7.82 Å². The summed E-state index contributed by atoms with van der Waals surface area (Å²) in [6, 6.07) is 0. The number of hydrogen-bond donors (Lipinski definition) is 1. The van der Waals surface area contributed by atoms with E-state index >= 15 is 0 Å². The Labute approximate surface area is 131 Å². The highest BCUT2D eigenvalue weighted by Gasteiger charge is 2.21. The van der Waals surface area contributed by atoms with Crippen molar-refractivity contribution in [3.8, 4) is 0 Å². The zero-order valence-corrected chi connectivity index (χ0v) is 15.2. The predicted octanol–water partition coefficient (Wildman–Crippen LogP) is 5.55. The maximum atomic E-state index is 11.8. The monoisotopic (exact) mass is 322 g/mol. The van der Waals surface area contributed by atoms with Gasteiger partial charge in [0.05, 0.1) is 13.2 Å². The van der Waals surface area contributed by atoms with Gasteiger partial charge in [-0.15, -0.1) is 0 Å². The molecule has 0 aliphatic rings. The molecular formula is C16H35O4P. The molecular weight excluding hydrogens is 287 g/mol. The number of rotatable bonds is 14. The van der Waals surface area contributed by atoms with Crippen LogP contribution in [0.15, 0.2) is 0 Å². The zero-order valence-electron chi connectivity index (χ0n) is 14.3. The molecule has 0 aromatic carbocycles. The highest BCUT2D eigenvalue weighted by Crippen LogP contribution is 2.44. The molecule has 0 fully saturated rings. The van der Waals surface area contributed by atoms with E-state index in [0.29, 0.717) is 25.0 Å². The summed E-state index contributed by atoms with van der Waals surface area (Å²) in [6.07, 6.45) is 8.39. The molecule has 2 atom stereocenters. The van der Waals surface area contributed by atoms with Crippen molar-refractivity contribution in [3.05, 3.63) is 0 Å². The van der Waals surface area contributed by atoms with Crippen LogP contribution >= 0.6 is 7.82 Å². The molecule has 0 rings (SSSR count). The summed E-state index contributed by atoms with van der Waals surface area (Å²) in [5.74, 6) is 1.15. The van der Waals surface area contributed by atoms with Crippen LogP contribution in [0, 0.1) is 11.8 Å². The minimum Gasteiger partial charge on any atom is -0.302 e. The first-order chi connectivity index (χ1) is 9.99. The molecule has 0 saturated carbocycles. The first kappa shape index (κ1) is 21.1. The summed E-state index contributed by atoms with van der Waals surface area (Å²) in [6.45, 7) is 9.22. The fraction of sp³-hybridized carbons (Fsp3) is 1.00. The average Bonchev–Trinajstić information content (AvgIpc) is 2.45. The van der Waals surface area contributed by atoms with Crippen molar-refractivity contribution in [2.24, 2.45) is 11.8 Å². The largest absolute Gasteiger partial charge is 0.472 e. The van der Waals surface area contributed by atoms with Crippen molar-refractivity contribution in [1.29, 1.82) is 0 Å². The first-order valence-corrected chi connectivity index (χ1v) is 10.1. The molecule has 2 unspecified atom stereocenters. The maximum Gasteiger partial charge on any atom is 0.472 e. The standard InChI is InChI=1S/C16H35O4P/c1-5-9-15(7-3)11-13-19-21(17,18)20-14-12-16(8-4)10-6-2/h15-16H,5-14H2,1-4H3,(H,17,18). The van der Waals surface area contributed by atoms with Gasteiger partial charge in [0.1, 0.15) is 0 Å². The molecule has 0 aromatic heterocycles. The molecule has 0 saturated heterocycles. The van der Waals surface area contributed by atoms with E-state index in [4.69, 9.17) is 9.05 Å². The summed E-state index contributed by atoms with van der Waals surface area (Å²) in [5.41, 5.74) is 0.